The van der Waals surface area contributed by atoms with Gasteiger partial charge in [-0.2, -0.15) is 5.10 Å². The van der Waals surface area contributed by atoms with Crippen LogP contribution in [0.2, 0.25) is 5.02 Å². The van der Waals surface area contributed by atoms with Crippen molar-refractivity contribution in [2.24, 2.45) is 0 Å². The van der Waals surface area contributed by atoms with Gasteiger partial charge in [0.05, 0.1) is 0 Å². The molecule has 0 aliphatic heterocycles. The van der Waals surface area contributed by atoms with Crippen LogP contribution in [0.5, 0.6) is 0 Å². The van der Waals surface area contributed by atoms with Gasteiger partial charge in [0.1, 0.15) is 5.02 Å². The molecule has 0 atom stereocenters. The molecule has 0 saturated heterocycles. The first-order valence-corrected chi connectivity index (χ1v) is 2.37. The Bertz CT molecular complexity index is 236. The van der Waals surface area contributed by atoms with Crippen molar-refractivity contribution in [3.05, 3.63) is 27.6 Å². The molecule has 1 heterocycles. The van der Waals surface area contributed by atoms with Gasteiger partial charge < -0.3 is 0 Å². The van der Waals surface area contributed by atoms with Gasteiger partial charge in [-0.1, -0.05) is 11.6 Å². The van der Waals surface area contributed by atoms with E-state index in [-0.39, 0.29) is 62.0 Å². The van der Waals surface area contributed by atoms with Crippen LogP contribution < -0.4 is 5.56 Å². The van der Waals surface area contributed by atoms with Crippen LogP contribution in [0, 0.1) is 0 Å². The quantitative estimate of drug-likeness (QED) is 0.547. The first kappa shape index (κ1) is 9.81. The second-order valence-electron chi connectivity index (χ2n) is 1.23. The van der Waals surface area contributed by atoms with Crippen LogP contribution in [-0.4, -0.2) is 61.6 Å². The zero-order chi connectivity index (χ0) is 5.98. The summed E-state index contributed by atoms with van der Waals surface area (Å²) >= 11 is 5.32. The van der Waals surface area contributed by atoms with Crippen molar-refractivity contribution in [1.82, 2.24) is 10.2 Å². The third-order valence-electron chi connectivity index (χ3n) is 0.678. The summed E-state index contributed by atoms with van der Waals surface area (Å²) in [6.07, 6.45) is 1.42. The minimum atomic E-state index is -0.353. The molecule has 1 aromatic heterocycles. The van der Waals surface area contributed by atoms with Gasteiger partial charge in [0.15, 0.2) is 0 Å². The van der Waals surface area contributed by atoms with E-state index in [0.717, 1.165) is 0 Å². The first-order valence-electron chi connectivity index (χ1n) is 2.00. The number of hydrogen-bond acceptors (Lipinski definition) is 2. The van der Waals surface area contributed by atoms with Crippen LogP contribution in [0.15, 0.2) is 17.1 Å². The Morgan fingerprint density at radius 3 is 2.67 bits per heavy atom. The molecule has 0 aliphatic rings. The van der Waals surface area contributed by atoms with Crippen molar-refractivity contribution in [1.29, 1.82) is 0 Å². The number of nitrogens with zero attached hydrogens (tertiary/aromatic N) is 1. The standard InChI is InChI=1S/C4H3ClN2O.K.H/c5-3-1-2-6-7-4(3)8;;/h1-2H,(H,7,8);;. The summed E-state index contributed by atoms with van der Waals surface area (Å²) in [5.41, 5.74) is -0.353. The fraction of sp³-hybridized carbons (Fsp3) is 0. The Labute approximate surface area is 99.2 Å². The number of aromatic nitrogens is 2. The van der Waals surface area contributed by atoms with E-state index in [1.807, 2.05) is 0 Å². The van der Waals surface area contributed by atoms with Gasteiger partial charge in [0.2, 0.25) is 0 Å². The zero-order valence-corrected chi connectivity index (χ0v) is 4.64. The summed E-state index contributed by atoms with van der Waals surface area (Å²) in [7, 11) is 0. The van der Waals surface area contributed by atoms with E-state index in [1.54, 1.807) is 0 Å². The van der Waals surface area contributed by atoms with E-state index in [2.05, 4.69) is 10.2 Å². The Balaban J connectivity index is 0.000000640. The predicted molar refractivity (Wildman–Crippen MR) is 37.0 cm³/mol. The Kier molecular flexibility index (Phi) is 5.01. The molecular formula is C4H4ClKN2O. The van der Waals surface area contributed by atoms with Gasteiger partial charge >= 0.3 is 51.4 Å². The topological polar surface area (TPSA) is 45.8 Å². The van der Waals surface area contributed by atoms with E-state index in [1.165, 1.54) is 12.3 Å². The summed E-state index contributed by atoms with van der Waals surface area (Å²) in [5, 5.41) is 5.75. The van der Waals surface area contributed by atoms with E-state index in [0.29, 0.717) is 0 Å². The molecular weight excluding hydrogens is 167 g/mol. The van der Waals surface area contributed by atoms with Gasteiger partial charge in [0, 0.05) is 6.20 Å². The molecule has 0 aliphatic carbocycles. The Hall–Kier alpha value is 0.806. The molecule has 3 nitrogen and oxygen atoms in total. The van der Waals surface area contributed by atoms with Gasteiger partial charge in [-0.3, -0.25) is 4.79 Å². The SMILES string of the molecule is O=c1[nH]nccc1Cl.[KH]. The number of H-pyrrole nitrogens is 1. The normalized spacial score (nSPS) is 8.11. The van der Waals surface area contributed by atoms with Crippen LogP contribution in [0.4, 0.5) is 0 Å². The van der Waals surface area contributed by atoms with E-state index in [4.69, 9.17) is 11.6 Å². The molecule has 44 valence electrons. The Morgan fingerprint density at radius 2 is 2.33 bits per heavy atom. The third kappa shape index (κ3) is 2.93. The van der Waals surface area contributed by atoms with Gasteiger partial charge in [-0.25, -0.2) is 5.10 Å². The third-order valence-corrected chi connectivity index (χ3v) is 0.976. The first-order chi connectivity index (χ1) is 3.80. The van der Waals surface area contributed by atoms with Gasteiger partial charge in [-0.15, -0.1) is 0 Å². The van der Waals surface area contributed by atoms with Crippen molar-refractivity contribution >= 4 is 63.0 Å². The summed E-state index contributed by atoms with van der Waals surface area (Å²) in [6.45, 7) is 0. The van der Waals surface area contributed by atoms with E-state index >= 15 is 0 Å². The molecule has 9 heavy (non-hydrogen) atoms. The molecule has 0 saturated carbocycles. The number of hydrogen-bond donors (Lipinski definition) is 1. The zero-order valence-electron chi connectivity index (χ0n) is 3.89. The summed E-state index contributed by atoms with van der Waals surface area (Å²) in [6, 6.07) is 1.43. The molecule has 0 aromatic carbocycles. The molecule has 1 aromatic rings. The fourth-order valence-corrected chi connectivity index (χ4v) is 0.426. The average Bonchev–Trinajstić information content (AvgIpc) is 1.77. The maximum atomic E-state index is 10.4. The van der Waals surface area contributed by atoms with Crippen molar-refractivity contribution in [3.63, 3.8) is 0 Å². The van der Waals surface area contributed by atoms with Crippen LogP contribution in [0.25, 0.3) is 0 Å². The van der Waals surface area contributed by atoms with Crippen molar-refractivity contribution in [3.8, 4) is 0 Å². The van der Waals surface area contributed by atoms with Crippen LogP contribution in [0.1, 0.15) is 0 Å². The van der Waals surface area contributed by atoms with E-state index < -0.39 is 0 Å². The number of nitrogens with one attached hydrogen (secondary N) is 1. The molecule has 0 bridgehead atoms. The van der Waals surface area contributed by atoms with Crippen LogP contribution in [0.3, 0.4) is 0 Å². The summed E-state index contributed by atoms with van der Waals surface area (Å²) < 4.78 is 0. The Morgan fingerprint density at radius 1 is 1.67 bits per heavy atom. The van der Waals surface area contributed by atoms with Crippen molar-refractivity contribution in [2.45, 2.75) is 0 Å². The number of halogens is 1. The van der Waals surface area contributed by atoms with E-state index in [9.17, 15) is 4.79 Å². The molecule has 0 radical (unpaired) electrons. The van der Waals surface area contributed by atoms with Crippen LogP contribution >= 0.6 is 11.6 Å². The molecule has 1 N–H and O–H groups in total. The van der Waals surface area contributed by atoms with Gasteiger partial charge in [0.25, 0.3) is 5.56 Å². The van der Waals surface area contributed by atoms with Crippen molar-refractivity contribution in [2.75, 3.05) is 0 Å². The maximum absolute atomic E-state index is 10.4. The number of aromatic amines is 1. The van der Waals surface area contributed by atoms with Crippen LogP contribution in [-0.2, 0) is 0 Å². The molecule has 0 spiro atoms. The average molecular weight is 171 g/mol. The van der Waals surface area contributed by atoms with Crippen molar-refractivity contribution < 1.29 is 0 Å². The van der Waals surface area contributed by atoms with Gasteiger partial charge in [-0.05, 0) is 6.07 Å². The molecule has 1 rings (SSSR count). The second-order valence-corrected chi connectivity index (χ2v) is 1.64. The summed E-state index contributed by atoms with van der Waals surface area (Å²) in [4.78, 5) is 10.4. The number of rotatable bonds is 0. The predicted octanol–water partition coefficient (Wildman–Crippen LogP) is -0.225. The molecule has 0 amide bonds. The molecule has 5 heteroatoms. The summed E-state index contributed by atoms with van der Waals surface area (Å²) in [5.74, 6) is 0. The fourth-order valence-electron chi connectivity index (χ4n) is 0.328. The minimum absolute atomic E-state index is 0. The monoisotopic (exact) mass is 170 g/mol. The molecule has 0 unspecified atom stereocenters. The second kappa shape index (κ2) is 4.60. The molecule has 0 fully saturated rings.